The second-order valence-electron chi connectivity index (χ2n) is 7.80. The predicted molar refractivity (Wildman–Crippen MR) is 155 cm³/mol. The van der Waals surface area contributed by atoms with Gasteiger partial charge in [-0.05, 0) is 36.4 Å². The highest BCUT2D eigenvalue weighted by Gasteiger charge is 2.26. The van der Waals surface area contributed by atoms with Crippen LogP contribution in [-0.2, 0) is 24.9 Å². The molecule has 0 atom stereocenters. The van der Waals surface area contributed by atoms with Crippen LogP contribution in [-0.4, -0.2) is 0 Å². The molecule has 14 heteroatoms. The topological polar surface area (TPSA) is 172 Å². The third-order valence-electron chi connectivity index (χ3n) is 5.68. The van der Waals surface area contributed by atoms with Crippen molar-refractivity contribution < 1.29 is 8.78 Å². The van der Waals surface area contributed by atoms with Gasteiger partial charge in [0.1, 0.15) is 58.4 Å². The summed E-state index contributed by atoms with van der Waals surface area (Å²) in [5.74, 6) is -1.95. The third-order valence-corrected chi connectivity index (χ3v) is 8.14. The zero-order valence-corrected chi connectivity index (χ0v) is 23.0. The monoisotopic (exact) mass is 600 g/mol. The number of rotatable bonds is 4. The van der Waals surface area contributed by atoms with Gasteiger partial charge in [-0.2, -0.15) is 29.8 Å². The summed E-state index contributed by atoms with van der Waals surface area (Å²) < 4.78 is 41.2. The van der Waals surface area contributed by atoms with Gasteiger partial charge in [0.05, 0.1) is 31.2 Å². The van der Waals surface area contributed by atoms with Gasteiger partial charge in [-0.15, -0.1) is 22.7 Å². The van der Waals surface area contributed by atoms with E-state index in [1.807, 2.05) is 0 Å². The van der Waals surface area contributed by atoms with E-state index in [9.17, 15) is 0 Å². The Morgan fingerprint density at radius 3 is 1.35 bits per heavy atom. The zero-order chi connectivity index (χ0) is 29.1. The molecular formula is C26H10F2N8S4. The molecule has 4 N–H and O–H groups in total. The van der Waals surface area contributed by atoms with Crippen LogP contribution < -0.4 is 29.6 Å². The molecule has 0 aliphatic carbocycles. The number of hydrogen-bond acceptors (Lipinski definition) is 12. The number of nitrogens with zero attached hydrogens (tertiary/aromatic N) is 6. The smallest absolute Gasteiger partial charge is 0.146 e. The van der Waals surface area contributed by atoms with E-state index >= 15 is 8.78 Å². The first kappa shape index (κ1) is 28.1. The maximum atomic E-state index is 16.1. The third kappa shape index (κ3) is 4.69. The molecule has 192 valence electrons. The van der Waals surface area contributed by atoms with Crippen molar-refractivity contribution in [2.45, 2.75) is 0 Å². The molecule has 4 rings (SSSR count). The summed E-state index contributed by atoms with van der Waals surface area (Å²) in [5, 5.41) is 35.7. The summed E-state index contributed by atoms with van der Waals surface area (Å²) >= 11 is 11.9. The van der Waals surface area contributed by atoms with Crippen molar-refractivity contribution in [3.05, 3.63) is 65.2 Å². The fraction of sp³-hybridized carbons (Fsp3) is 0. The van der Waals surface area contributed by atoms with Crippen LogP contribution in [0.4, 0.5) is 31.5 Å². The molecule has 0 amide bonds. The Morgan fingerprint density at radius 2 is 1.05 bits per heavy atom. The maximum Gasteiger partial charge on any atom is 0.146 e. The molecule has 0 fully saturated rings. The molecular weight excluding hydrogens is 591 g/mol. The van der Waals surface area contributed by atoms with E-state index in [4.69, 9.17) is 57.4 Å². The number of nitrogens with two attached hydrogens (primary N) is 2. The molecule has 0 unspecified atom stereocenters. The largest absolute Gasteiger partial charge is 0.396 e. The predicted octanol–water partition coefficient (Wildman–Crippen LogP) is 3.18. The molecule has 2 heterocycles. The maximum absolute atomic E-state index is 16.1. The summed E-state index contributed by atoms with van der Waals surface area (Å²) in [6.45, 7) is 0. The summed E-state index contributed by atoms with van der Waals surface area (Å²) in [7, 11) is 0. The lowest BCUT2D eigenvalue weighted by Gasteiger charge is -2.16. The Hall–Kier alpha value is -4.96. The lowest BCUT2D eigenvalue weighted by Crippen LogP contribution is -2.05. The van der Waals surface area contributed by atoms with Crippen LogP contribution in [0.5, 0.6) is 0 Å². The SMILES string of the molecule is N#CC(C#N)=c1cc/c(=C\c2c(N)c(N=S)c3c(F)c(/C=c4\ccc(=C(C#N)C#N)s4)c(N)c(N=S)c3c2F)s1. The molecule has 4 aromatic rings. The highest BCUT2D eigenvalue weighted by atomic mass is 32.1. The standard InChI is InChI=1S/C26H10F2N8S4/c27-21-15(5-13-1-3-17(39-13)11(7-29)8-30)23(33)25(35-37)20-19(21)26(36-38)24(34)16(22(20)28)6-14-2-4-18(40-14)12(9-31)10-32/h1-6H,33-34H2/b13-5+,14-6+. The van der Waals surface area contributed by atoms with Gasteiger partial charge < -0.3 is 11.5 Å². The molecule has 0 radical (unpaired) electrons. The van der Waals surface area contributed by atoms with Gasteiger partial charge in [0, 0.05) is 45.0 Å². The van der Waals surface area contributed by atoms with Crippen LogP contribution in [0.2, 0.25) is 0 Å². The lowest BCUT2D eigenvalue weighted by atomic mass is 9.95. The Labute approximate surface area is 242 Å². The molecule has 2 aromatic carbocycles. The van der Waals surface area contributed by atoms with Crippen LogP contribution in [0.15, 0.2) is 33.0 Å². The van der Waals surface area contributed by atoms with Crippen molar-refractivity contribution in [1.29, 1.82) is 21.0 Å². The Balaban J connectivity index is 2.12. The minimum absolute atomic E-state index is 0.115. The Bertz CT molecular complexity index is 2010. The van der Waals surface area contributed by atoms with Crippen molar-refractivity contribution in [2.75, 3.05) is 11.5 Å². The average Bonchev–Trinajstić information content (AvgIpc) is 3.61. The van der Waals surface area contributed by atoms with Gasteiger partial charge in [-0.1, -0.05) is 0 Å². The van der Waals surface area contributed by atoms with Crippen LogP contribution >= 0.6 is 22.7 Å². The molecule has 0 spiro atoms. The fourth-order valence-corrected chi connectivity index (χ4v) is 6.02. The van der Waals surface area contributed by atoms with Crippen molar-refractivity contribution in [3.63, 3.8) is 0 Å². The summed E-state index contributed by atoms with van der Waals surface area (Å²) in [6.07, 6.45) is 2.70. The van der Waals surface area contributed by atoms with Gasteiger partial charge in [0.15, 0.2) is 0 Å². The van der Waals surface area contributed by atoms with Crippen molar-refractivity contribution >= 4 is 104 Å². The van der Waals surface area contributed by atoms with E-state index in [1.165, 1.54) is 24.3 Å². The number of thiophene rings is 2. The molecule has 0 saturated carbocycles. The number of anilines is 2. The number of fused-ring (bicyclic) bond motifs is 1. The van der Waals surface area contributed by atoms with Crippen LogP contribution in [0.25, 0.3) is 34.1 Å². The van der Waals surface area contributed by atoms with Crippen molar-refractivity contribution in [3.8, 4) is 24.3 Å². The second-order valence-corrected chi connectivity index (χ2v) is 10.4. The molecule has 0 saturated heterocycles. The summed E-state index contributed by atoms with van der Waals surface area (Å²) in [6, 6.07) is 13.3. The number of halogens is 2. The first-order chi connectivity index (χ1) is 19.2. The van der Waals surface area contributed by atoms with Gasteiger partial charge in [0.25, 0.3) is 0 Å². The second kappa shape index (κ2) is 11.4. The van der Waals surface area contributed by atoms with E-state index in [2.05, 4.69) is 8.73 Å². The lowest BCUT2D eigenvalue weighted by molar-refractivity contribution is 0.627. The van der Waals surface area contributed by atoms with Crippen molar-refractivity contribution in [1.82, 2.24) is 0 Å². The van der Waals surface area contributed by atoms with Gasteiger partial charge in [-0.3, -0.25) is 0 Å². The Morgan fingerprint density at radius 1 is 0.700 bits per heavy atom. The van der Waals surface area contributed by atoms with Gasteiger partial charge >= 0.3 is 0 Å². The molecule has 8 nitrogen and oxygen atoms in total. The van der Waals surface area contributed by atoms with E-state index in [-0.39, 0.29) is 55.8 Å². The van der Waals surface area contributed by atoms with E-state index < -0.39 is 11.6 Å². The minimum atomic E-state index is -0.976. The first-order valence-electron chi connectivity index (χ1n) is 10.7. The van der Waals surface area contributed by atoms with Crippen molar-refractivity contribution in [2.24, 2.45) is 8.73 Å². The molecule has 2 aromatic heterocycles. The van der Waals surface area contributed by atoms with E-state index in [0.717, 1.165) is 22.7 Å². The fourth-order valence-electron chi connectivity index (χ4n) is 3.85. The molecule has 0 bridgehead atoms. The zero-order valence-electron chi connectivity index (χ0n) is 19.7. The first-order valence-corrected chi connectivity index (χ1v) is 13.1. The van der Waals surface area contributed by atoms with Crippen LogP contribution in [0, 0.1) is 57.0 Å². The number of nitrogen functional groups attached to an aromatic ring is 2. The normalized spacial score (nSPS) is 11.3. The van der Waals surface area contributed by atoms with E-state index in [0.29, 0.717) is 18.1 Å². The average molecular weight is 601 g/mol. The quantitative estimate of drug-likeness (QED) is 0.336. The number of nitriles is 4. The molecule has 0 aliphatic heterocycles. The number of hydrogen-bond donors (Lipinski definition) is 2. The molecule has 0 aliphatic rings. The molecule has 40 heavy (non-hydrogen) atoms. The highest BCUT2D eigenvalue weighted by molar-refractivity contribution is 7.47. The van der Waals surface area contributed by atoms with Gasteiger partial charge in [-0.25, -0.2) is 8.78 Å². The summed E-state index contributed by atoms with van der Waals surface area (Å²) in [5.41, 5.74) is 10.9. The van der Waals surface area contributed by atoms with Crippen LogP contribution in [0.1, 0.15) is 11.1 Å². The highest BCUT2D eigenvalue weighted by Crippen LogP contribution is 2.47. The Kier molecular flexibility index (Phi) is 8.01. The van der Waals surface area contributed by atoms with Gasteiger partial charge in [0.2, 0.25) is 0 Å². The van der Waals surface area contributed by atoms with E-state index in [1.54, 1.807) is 36.4 Å². The van der Waals surface area contributed by atoms with Crippen LogP contribution in [0.3, 0.4) is 0 Å². The summed E-state index contributed by atoms with van der Waals surface area (Å²) in [4.78, 5) is 0. The number of benzene rings is 2. The minimum Gasteiger partial charge on any atom is -0.396 e.